The van der Waals surface area contributed by atoms with Gasteiger partial charge in [-0.15, -0.1) is 0 Å². The number of nitrogens with zero attached hydrogens (tertiary/aromatic N) is 4. The maximum atomic E-state index is 14.0. The number of halogens is 1. The predicted octanol–water partition coefficient (Wildman–Crippen LogP) is 3.35. The monoisotopic (exact) mass is 332 g/mol. The number of nitrogens with one attached hydrogen (secondary N) is 2. The normalized spacial score (nSPS) is 11.6. The topological polar surface area (TPSA) is 75.2 Å². The molecular weight excluding hydrogens is 319 g/mol. The molecule has 0 aliphatic heterocycles. The van der Waals surface area contributed by atoms with Crippen LogP contribution in [0.25, 0.3) is 27.8 Å². The molecule has 122 valence electrons. The van der Waals surface area contributed by atoms with Gasteiger partial charge < -0.3 is 14.5 Å². The predicted molar refractivity (Wildman–Crippen MR) is 92.1 cm³/mol. The van der Waals surface area contributed by atoms with E-state index in [0.29, 0.717) is 23.1 Å². The molecule has 6 nitrogen and oxygen atoms in total. The lowest BCUT2D eigenvalue weighted by Gasteiger charge is -2.02. The summed E-state index contributed by atoms with van der Waals surface area (Å²) in [6.45, 7) is 0. The van der Waals surface area contributed by atoms with E-state index in [-0.39, 0.29) is 5.82 Å². The minimum atomic E-state index is -0.324. The SMILES string of the molecule is Fc1cc(-n2ccnc2)c2nc(Cc3nc4ccccc4[nH]3)[nH]c2c1. The third-order valence-corrected chi connectivity index (χ3v) is 4.14. The van der Waals surface area contributed by atoms with Gasteiger partial charge in [-0.1, -0.05) is 12.1 Å². The molecule has 0 atom stereocenters. The Labute approximate surface area is 141 Å². The van der Waals surface area contributed by atoms with Crippen molar-refractivity contribution in [2.45, 2.75) is 6.42 Å². The Balaban J connectivity index is 1.59. The van der Waals surface area contributed by atoms with Gasteiger partial charge in [0.05, 0.1) is 35.0 Å². The second kappa shape index (κ2) is 5.27. The van der Waals surface area contributed by atoms with Crippen LogP contribution in [-0.2, 0) is 6.42 Å². The van der Waals surface area contributed by atoms with Gasteiger partial charge in [0.1, 0.15) is 23.0 Å². The molecule has 0 aliphatic carbocycles. The number of hydrogen-bond donors (Lipinski definition) is 2. The molecular formula is C18H13FN6. The van der Waals surface area contributed by atoms with Crippen molar-refractivity contribution in [2.24, 2.45) is 0 Å². The van der Waals surface area contributed by atoms with Crippen molar-refractivity contribution in [3.63, 3.8) is 0 Å². The fourth-order valence-corrected chi connectivity index (χ4v) is 3.05. The fourth-order valence-electron chi connectivity index (χ4n) is 3.05. The molecule has 2 aromatic carbocycles. The van der Waals surface area contributed by atoms with Crippen LogP contribution in [0.2, 0.25) is 0 Å². The first-order valence-electron chi connectivity index (χ1n) is 7.86. The third-order valence-electron chi connectivity index (χ3n) is 4.14. The molecule has 0 unspecified atom stereocenters. The standard InChI is InChI=1S/C18H13FN6/c19-11-7-14-18(15(8-11)25-6-5-20-10-25)24-17(23-14)9-16-21-12-3-1-2-4-13(12)22-16/h1-8,10H,9H2,(H,21,22)(H,23,24). The Morgan fingerprint density at radius 3 is 2.68 bits per heavy atom. The van der Waals surface area contributed by atoms with Crippen LogP contribution >= 0.6 is 0 Å². The maximum Gasteiger partial charge on any atom is 0.127 e. The molecule has 5 aromatic rings. The van der Waals surface area contributed by atoms with Crippen molar-refractivity contribution in [3.05, 3.63) is 72.6 Å². The summed E-state index contributed by atoms with van der Waals surface area (Å²) in [7, 11) is 0. The Morgan fingerprint density at radius 1 is 1.00 bits per heavy atom. The number of hydrogen-bond acceptors (Lipinski definition) is 3. The van der Waals surface area contributed by atoms with Crippen LogP contribution in [0.1, 0.15) is 11.6 Å². The molecule has 0 aliphatic rings. The van der Waals surface area contributed by atoms with Gasteiger partial charge in [-0.3, -0.25) is 0 Å². The Bertz CT molecular complexity index is 1150. The van der Waals surface area contributed by atoms with Crippen LogP contribution in [0.15, 0.2) is 55.1 Å². The van der Waals surface area contributed by atoms with Crippen LogP contribution in [0.4, 0.5) is 4.39 Å². The van der Waals surface area contributed by atoms with Crippen LogP contribution < -0.4 is 0 Å². The third kappa shape index (κ3) is 2.37. The summed E-state index contributed by atoms with van der Waals surface area (Å²) in [6, 6.07) is 10.8. The summed E-state index contributed by atoms with van der Waals surface area (Å²) in [6.07, 6.45) is 5.55. The minimum absolute atomic E-state index is 0.324. The van der Waals surface area contributed by atoms with Crippen LogP contribution in [0.5, 0.6) is 0 Å². The van der Waals surface area contributed by atoms with E-state index in [0.717, 1.165) is 22.7 Å². The number of benzene rings is 2. The van der Waals surface area contributed by atoms with Crippen molar-refractivity contribution < 1.29 is 4.39 Å². The number of fused-ring (bicyclic) bond motifs is 2. The number of H-pyrrole nitrogens is 2. The molecule has 0 saturated heterocycles. The van der Waals surface area contributed by atoms with E-state index in [4.69, 9.17) is 0 Å². The first-order valence-corrected chi connectivity index (χ1v) is 7.86. The molecule has 0 radical (unpaired) electrons. The average molecular weight is 332 g/mol. The molecule has 0 spiro atoms. The van der Waals surface area contributed by atoms with E-state index >= 15 is 0 Å². The summed E-state index contributed by atoms with van der Waals surface area (Å²) >= 11 is 0. The Hall–Kier alpha value is -3.48. The summed E-state index contributed by atoms with van der Waals surface area (Å²) in [5, 5.41) is 0. The van der Waals surface area contributed by atoms with E-state index < -0.39 is 0 Å². The van der Waals surface area contributed by atoms with Gasteiger partial charge in [-0.25, -0.2) is 19.3 Å². The van der Waals surface area contributed by atoms with Crippen molar-refractivity contribution in [2.75, 3.05) is 0 Å². The van der Waals surface area contributed by atoms with Crippen LogP contribution in [0, 0.1) is 5.82 Å². The number of aromatic nitrogens is 6. The second-order valence-corrected chi connectivity index (χ2v) is 5.85. The smallest absolute Gasteiger partial charge is 0.127 e. The number of para-hydroxylation sites is 2. The number of rotatable bonds is 3. The molecule has 0 saturated carbocycles. The van der Waals surface area contributed by atoms with Gasteiger partial charge in [0.15, 0.2) is 0 Å². The van der Waals surface area contributed by atoms with E-state index in [1.54, 1.807) is 23.3 Å². The number of aromatic amines is 2. The highest BCUT2D eigenvalue weighted by molar-refractivity contribution is 5.84. The van der Waals surface area contributed by atoms with Crippen molar-refractivity contribution in [1.29, 1.82) is 0 Å². The highest BCUT2D eigenvalue weighted by Gasteiger charge is 2.13. The lowest BCUT2D eigenvalue weighted by molar-refractivity contribution is 0.628. The largest absolute Gasteiger partial charge is 0.342 e. The first-order chi connectivity index (χ1) is 12.3. The van der Waals surface area contributed by atoms with Gasteiger partial charge in [0.2, 0.25) is 0 Å². The van der Waals surface area contributed by atoms with E-state index in [1.165, 1.54) is 12.1 Å². The Morgan fingerprint density at radius 2 is 1.84 bits per heavy atom. The van der Waals surface area contributed by atoms with Gasteiger partial charge in [0, 0.05) is 18.5 Å². The highest BCUT2D eigenvalue weighted by atomic mass is 19.1. The van der Waals surface area contributed by atoms with Crippen molar-refractivity contribution >= 4 is 22.1 Å². The zero-order chi connectivity index (χ0) is 16.8. The van der Waals surface area contributed by atoms with Crippen LogP contribution in [-0.4, -0.2) is 29.5 Å². The molecule has 0 fully saturated rings. The first kappa shape index (κ1) is 13.9. The molecule has 25 heavy (non-hydrogen) atoms. The molecule has 7 heteroatoms. The average Bonchev–Trinajstić information content (AvgIpc) is 3.32. The molecule has 5 rings (SSSR count). The van der Waals surface area contributed by atoms with E-state index in [9.17, 15) is 4.39 Å². The quantitative estimate of drug-likeness (QED) is 0.532. The van der Waals surface area contributed by atoms with E-state index in [1.807, 2.05) is 24.3 Å². The second-order valence-electron chi connectivity index (χ2n) is 5.85. The lowest BCUT2D eigenvalue weighted by atomic mass is 10.2. The number of imidazole rings is 3. The molecule has 3 aromatic heterocycles. The summed E-state index contributed by atoms with van der Waals surface area (Å²) in [4.78, 5) is 19.7. The van der Waals surface area contributed by atoms with Gasteiger partial charge in [-0.2, -0.15) is 0 Å². The molecule has 2 N–H and O–H groups in total. The van der Waals surface area contributed by atoms with Gasteiger partial charge in [-0.05, 0) is 18.2 Å². The molecule has 0 bridgehead atoms. The molecule has 3 heterocycles. The zero-order valence-electron chi connectivity index (χ0n) is 13.1. The lowest BCUT2D eigenvalue weighted by Crippen LogP contribution is -1.94. The summed E-state index contributed by atoms with van der Waals surface area (Å²) in [5.74, 6) is 1.21. The minimum Gasteiger partial charge on any atom is -0.342 e. The zero-order valence-corrected chi connectivity index (χ0v) is 13.1. The maximum absolute atomic E-state index is 14.0. The summed E-state index contributed by atoms with van der Waals surface area (Å²) in [5.41, 5.74) is 3.90. The van der Waals surface area contributed by atoms with E-state index in [2.05, 4.69) is 24.9 Å². The van der Waals surface area contributed by atoms with Gasteiger partial charge in [0.25, 0.3) is 0 Å². The van der Waals surface area contributed by atoms with Crippen molar-refractivity contribution in [1.82, 2.24) is 29.5 Å². The van der Waals surface area contributed by atoms with Crippen LogP contribution in [0.3, 0.4) is 0 Å². The molecule has 0 amide bonds. The Kier molecular flexibility index (Phi) is 2.93. The fraction of sp³-hybridized carbons (Fsp3) is 0.0556. The highest BCUT2D eigenvalue weighted by Crippen LogP contribution is 2.23. The van der Waals surface area contributed by atoms with Crippen molar-refractivity contribution in [3.8, 4) is 5.69 Å². The summed E-state index contributed by atoms with van der Waals surface area (Å²) < 4.78 is 15.7. The van der Waals surface area contributed by atoms with Gasteiger partial charge >= 0.3 is 0 Å².